The van der Waals surface area contributed by atoms with E-state index in [9.17, 15) is 0 Å². The molecule has 1 aliphatic rings. The molecule has 1 fully saturated rings. The van der Waals surface area contributed by atoms with Gasteiger partial charge >= 0.3 is 0 Å². The van der Waals surface area contributed by atoms with Crippen molar-refractivity contribution in [1.82, 2.24) is 0 Å². The predicted octanol–water partition coefficient (Wildman–Crippen LogP) is 5.24. The van der Waals surface area contributed by atoms with Crippen LogP contribution < -0.4 is 10.1 Å². The topological polar surface area (TPSA) is 21.3 Å². The molecule has 2 aromatic carbocycles. The molecule has 0 aliphatic heterocycles. The summed E-state index contributed by atoms with van der Waals surface area (Å²) in [7, 11) is 0. The third-order valence-corrected chi connectivity index (χ3v) is 4.40. The maximum Gasteiger partial charge on any atom is 0.119 e. The number of hydrogen-bond acceptors (Lipinski definition) is 2. The van der Waals surface area contributed by atoms with Crippen molar-refractivity contribution in [2.75, 3.05) is 5.32 Å². The molecular weight excluding hydrogens is 270 g/mol. The number of ether oxygens (including phenoxy) is 1. The van der Waals surface area contributed by atoms with Crippen LogP contribution in [0.25, 0.3) is 0 Å². The van der Waals surface area contributed by atoms with Gasteiger partial charge in [-0.2, -0.15) is 0 Å². The van der Waals surface area contributed by atoms with Crippen molar-refractivity contribution in [2.45, 2.75) is 52.2 Å². The number of nitrogens with one attached hydrogen (secondary N) is 1. The van der Waals surface area contributed by atoms with E-state index < -0.39 is 0 Å². The zero-order valence-electron chi connectivity index (χ0n) is 13.6. The van der Waals surface area contributed by atoms with Crippen LogP contribution in [-0.4, -0.2) is 6.10 Å². The molecule has 1 aliphatic carbocycles. The van der Waals surface area contributed by atoms with Crippen molar-refractivity contribution in [1.29, 1.82) is 0 Å². The second kappa shape index (κ2) is 6.87. The lowest BCUT2D eigenvalue weighted by Crippen LogP contribution is -2.10. The summed E-state index contributed by atoms with van der Waals surface area (Å²) >= 11 is 0. The summed E-state index contributed by atoms with van der Waals surface area (Å²) in [6, 6.07) is 15.0. The van der Waals surface area contributed by atoms with E-state index in [1.807, 2.05) is 0 Å². The van der Waals surface area contributed by atoms with Crippen LogP contribution in [-0.2, 0) is 6.54 Å². The van der Waals surface area contributed by atoms with Crippen LogP contribution in [0.2, 0.25) is 0 Å². The zero-order valence-corrected chi connectivity index (χ0v) is 13.6. The summed E-state index contributed by atoms with van der Waals surface area (Å²) in [6.07, 6.45) is 5.45. The quantitative estimate of drug-likeness (QED) is 0.814. The molecule has 0 amide bonds. The Morgan fingerprint density at radius 1 is 1.00 bits per heavy atom. The van der Waals surface area contributed by atoms with E-state index in [1.54, 1.807) is 0 Å². The third-order valence-electron chi connectivity index (χ3n) is 4.40. The molecule has 116 valence electrons. The number of anilines is 1. The molecule has 3 rings (SSSR count). The van der Waals surface area contributed by atoms with Crippen molar-refractivity contribution in [2.24, 2.45) is 0 Å². The first-order chi connectivity index (χ1) is 10.7. The van der Waals surface area contributed by atoms with Gasteiger partial charge in [-0.25, -0.2) is 0 Å². The maximum atomic E-state index is 6.01. The second-order valence-electron chi connectivity index (χ2n) is 6.34. The largest absolute Gasteiger partial charge is 0.490 e. The van der Waals surface area contributed by atoms with Crippen molar-refractivity contribution in [3.63, 3.8) is 0 Å². The average Bonchev–Trinajstić information content (AvgIpc) is 3.03. The van der Waals surface area contributed by atoms with Gasteiger partial charge in [-0.1, -0.05) is 24.3 Å². The first-order valence-electron chi connectivity index (χ1n) is 8.27. The normalized spacial score (nSPS) is 15.0. The zero-order chi connectivity index (χ0) is 15.4. The standard InChI is InChI=1S/C20H25NO/c1-15-7-8-16(2)20(13-15)21-14-17-9-11-19(12-10-17)22-18-5-3-4-6-18/h7-13,18,21H,3-6,14H2,1-2H3. The van der Waals surface area contributed by atoms with Crippen LogP contribution in [0.4, 0.5) is 5.69 Å². The van der Waals surface area contributed by atoms with Crippen LogP contribution in [0.1, 0.15) is 42.4 Å². The van der Waals surface area contributed by atoms with Crippen molar-refractivity contribution >= 4 is 5.69 Å². The molecule has 0 unspecified atom stereocenters. The summed E-state index contributed by atoms with van der Waals surface area (Å²) in [5, 5.41) is 3.52. The number of rotatable bonds is 5. The van der Waals surface area contributed by atoms with Gasteiger partial charge in [0.25, 0.3) is 0 Å². The van der Waals surface area contributed by atoms with E-state index in [4.69, 9.17) is 4.74 Å². The smallest absolute Gasteiger partial charge is 0.119 e. The van der Waals surface area contributed by atoms with Crippen LogP contribution >= 0.6 is 0 Å². The molecular formula is C20H25NO. The van der Waals surface area contributed by atoms with Gasteiger partial charge in [0.15, 0.2) is 0 Å². The highest BCUT2D eigenvalue weighted by atomic mass is 16.5. The van der Waals surface area contributed by atoms with E-state index in [0.717, 1.165) is 12.3 Å². The first kappa shape index (κ1) is 15.0. The van der Waals surface area contributed by atoms with Crippen LogP contribution in [0, 0.1) is 13.8 Å². The Labute approximate surface area is 133 Å². The molecule has 2 nitrogen and oxygen atoms in total. The highest BCUT2D eigenvalue weighted by molar-refractivity contribution is 5.52. The fourth-order valence-electron chi connectivity index (χ4n) is 3.01. The van der Waals surface area contributed by atoms with Gasteiger partial charge < -0.3 is 10.1 Å². The third kappa shape index (κ3) is 3.82. The molecule has 0 saturated heterocycles. The van der Waals surface area contributed by atoms with Crippen molar-refractivity contribution < 1.29 is 4.74 Å². The van der Waals surface area contributed by atoms with Gasteiger partial charge in [-0.05, 0) is 74.4 Å². The molecule has 1 saturated carbocycles. The van der Waals surface area contributed by atoms with Crippen LogP contribution in [0.15, 0.2) is 42.5 Å². The fourth-order valence-corrected chi connectivity index (χ4v) is 3.01. The molecule has 1 N–H and O–H groups in total. The SMILES string of the molecule is Cc1ccc(C)c(NCc2ccc(OC3CCCC3)cc2)c1. The van der Waals surface area contributed by atoms with Crippen molar-refractivity contribution in [3.8, 4) is 5.75 Å². The van der Waals surface area contributed by atoms with Gasteiger partial charge in [0.2, 0.25) is 0 Å². The van der Waals surface area contributed by atoms with Gasteiger partial charge in [0.05, 0.1) is 6.10 Å². The molecule has 0 atom stereocenters. The summed E-state index contributed by atoms with van der Waals surface area (Å²) in [6.45, 7) is 5.11. The maximum absolute atomic E-state index is 6.01. The molecule has 0 aromatic heterocycles. The minimum atomic E-state index is 0.430. The lowest BCUT2D eigenvalue weighted by molar-refractivity contribution is 0.210. The lowest BCUT2D eigenvalue weighted by atomic mass is 10.1. The first-order valence-corrected chi connectivity index (χ1v) is 8.27. The number of aryl methyl sites for hydroxylation is 2. The molecule has 0 bridgehead atoms. The van der Waals surface area contributed by atoms with Gasteiger partial charge in [0, 0.05) is 12.2 Å². The predicted molar refractivity (Wildman–Crippen MR) is 92.6 cm³/mol. The molecule has 0 heterocycles. The summed E-state index contributed by atoms with van der Waals surface area (Å²) in [5.41, 5.74) is 5.06. The van der Waals surface area contributed by atoms with E-state index in [1.165, 1.54) is 48.1 Å². The summed E-state index contributed by atoms with van der Waals surface area (Å²) in [5.74, 6) is 1.00. The van der Waals surface area contributed by atoms with Gasteiger partial charge in [-0.3, -0.25) is 0 Å². The molecule has 0 spiro atoms. The lowest BCUT2D eigenvalue weighted by Gasteiger charge is -2.14. The van der Waals surface area contributed by atoms with Gasteiger partial charge in [-0.15, -0.1) is 0 Å². The molecule has 2 heteroatoms. The summed E-state index contributed by atoms with van der Waals surface area (Å²) in [4.78, 5) is 0. The Morgan fingerprint density at radius 3 is 2.45 bits per heavy atom. The molecule has 22 heavy (non-hydrogen) atoms. The van der Waals surface area contributed by atoms with E-state index in [2.05, 4.69) is 61.6 Å². The fraction of sp³-hybridized carbons (Fsp3) is 0.400. The van der Waals surface area contributed by atoms with E-state index in [-0.39, 0.29) is 0 Å². The van der Waals surface area contributed by atoms with Crippen LogP contribution in [0.3, 0.4) is 0 Å². The Bertz CT molecular complexity index is 612. The van der Waals surface area contributed by atoms with Gasteiger partial charge in [0.1, 0.15) is 5.75 Å². The Hall–Kier alpha value is -1.96. The minimum Gasteiger partial charge on any atom is -0.490 e. The second-order valence-corrected chi connectivity index (χ2v) is 6.34. The Balaban J connectivity index is 1.57. The monoisotopic (exact) mass is 295 g/mol. The van der Waals surface area contributed by atoms with E-state index >= 15 is 0 Å². The number of hydrogen-bond donors (Lipinski definition) is 1. The molecule has 0 radical (unpaired) electrons. The highest BCUT2D eigenvalue weighted by Gasteiger charge is 2.16. The Kier molecular flexibility index (Phi) is 4.67. The Morgan fingerprint density at radius 2 is 1.73 bits per heavy atom. The minimum absolute atomic E-state index is 0.430. The van der Waals surface area contributed by atoms with E-state index in [0.29, 0.717) is 6.10 Å². The highest BCUT2D eigenvalue weighted by Crippen LogP contribution is 2.24. The number of benzene rings is 2. The van der Waals surface area contributed by atoms with Crippen molar-refractivity contribution in [3.05, 3.63) is 59.2 Å². The summed E-state index contributed by atoms with van der Waals surface area (Å²) < 4.78 is 6.01. The average molecular weight is 295 g/mol. The van der Waals surface area contributed by atoms with Crippen LogP contribution in [0.5, 0.6) is 5.75 Å². The molecule has 2 aromatic rings.